The van der Waals surface area contributed by atoms with Crippen LogP contribution in [0.5, 0.6) is 0 Å². The average molecular weight is 261 g/mol. The van der Waals surface area contributed by atoms with Crippen molar-refractivity contribution in [2.24, 2.45) is 5.92 Å². The molecule has 0 aromatic heterocycles. The van der Waals surface area contributed by atoms with Crippen LogP contribution in [0, 0.1) is 5.92 Å². The Morgan fingerprint density at radius 2 is 2.05 bits per heavy atom. The van der Waals surface area contributed by atoms with Crippen LogP contribution in [0.3, 0.4) is 0 Å². The van der Waals surface area contributed by atoms with Gasteiger partial charge in [-0.25, -0.2) is 4.79 Å². The van der Waals surface area contributed by atoms with Gasteiger partial charge in [-0.05, 0) is 63.3 Å². The van der Waals surface area contributed by atoms with Crippen LogP contribution in [0.15, 0.2) is 24.3 Å². The fraction of sp³-hybridized carbons (Fsp3) is 0.562. The number of ether oxygens (including phenoxy) is 1. The van der Waals surface area contributed by atoms with Crippen LogP contribution in [0.1, 0.15) is 42.6 Å². The number of piperidine rings is 1. The number of benzene rings is 1. The van der Waals surface area contributed by atoms with Gasteiger partial charge in [0.15, 0.2) is 0 Å². The largest absolute Gasteiger partial charge is 0.465 e. The molecule has 0 radical (unpaired) electrons. The van der Waals surface area contributed by atoms with Crippen LogP contribution in [0.25, 0.3) is 0 Å². The Balaban J connectivity index is 1.98. The summed E-state index contributed by atoms with van der Waals surface area (Å²) < 4.78 is 4.71. The van der Waals surface area contributed by atoms with Gasteiger partial charge in [0.05, 0.1) is 12.7 Å². The number of nitrogens with one attached hydrogen (secondary N) is 1. The molecule has 104 valence electrons. The molecule has 1 N–H and O–H groups in total. The molecular weight excluding hydrogens is 238 g/mol. The number of rotatable bonds is 3. The number of methoxy groups -OCH3 is 1. The lowest BCUT2D eigenvalue weighted by Crippen LogP contribution is -2.46. The Morgan fingerprint density at radius 1 is 1.37 bits per heavy atom. The van der Waals surface area contributed by atoms with Gasteiger partial charge in [-0.15, -0.1) is 0 Å². The molecule has 3 heteroatoms. The Labute approximate surface area is 115 Å². The normalized spacial score (nSPS) is 21.9. The minimum Gasteiger partial charge on any atom is -0.465 e. The fourth-order valence-electron chi connectivity index (χ4n) is 2.91. The first-order valence-electron chi connectivity index (χ1n) is 6.92. The molecule has 1 aromatic carbocycles. The molecule has 0 amide bonds. The first-order chi connectivity index (χ1) is 9.00. The van der Waals surface area contributed by atoms with E-state index in [0.717, 1.165) is 18.9 Å². The van der Waals surface area contributed by atoms with E-state index in [-0.39, 0.29) is 11.5 Å². The van der Waals surface area contributed by atoms with Crippen molar-refractivity contribution in [1.29, 1.82) is 0 Å². The summed E-state index contributed by atoms with van der Waals surface area (Å²) in [7, 11) is 1.41. The van der Waals surface area contributed by atoms with E-state index in [0.29, 0.717) is 5.56 Å². The van der Waals surface area contributed by atoms with Gasteiger partial charge in [0.2, 0.25) is 0 Å². The van der Waals surface area contributed by atoms with Crippen LogP contribution in [0.4, 0.5) is 0 Å². The second kappa shape index (κ2) is 5.74. The summed E-state index contributed by atoms with van der Waals surface area (Å²) in [4.78, 5) is 11.4. The molecule has 0 bridgehead atoms. The lowest BCUT2D eigenvalue weighted by molar-refractivity contribution is 0.0600. The van der Waals surface area contributed by atoms with Crippen molar-refractivity contribution in [3.8, 4) is 0 Å². The van der Waals surface area contributed by atoms with Crippen LogP contribution in [-0.4, -0.2) is 25.2 Å². The molecule has 1 atom stereocenters. The van der Waals surface area contributed by atoms with Gasteiger partial charge in [-0.2, -0.15) is 0 Å². The van der Waals surface area contributed by atoms with Crippen LogP contribution < -0.4 is 5.32 Å². The molecular formula is C16H23NO2. The van der Waals surface area contributed by atoms with Gasteiger partial charge in [-0.1, -0.05) is 12.1 Å². The molecule has 0 aliphatic carbocycles. The number of hydrogen-bond acceptors (Lipinski definition) is 3. The molecule has 1 aliphatic rings. The van der Waals surface area contributed by atoms with E-state index >= 15 is 0 Å². The van der Waals surface area contributed by atoms with Gasteiger partial charge in [0, 0.05) is 5.54 Å². The predicted molar refractivity (Wildman–Crippen MR) is 76.3 cm³/mol. The Morgan fingerprint density at radius 3 is 2.63 bits per heavy atom. The zero-order valence-electron chi connectivity index (χ0n) is 12.0. The first-order valence-corrected chi connectivity index (χ1v) is 6.92. The van der Waals surface area contributed by atoms with Crippen LogP contribution in [-0.2, 0) is 11.2 Å². The highest BCUT2D eigenvalue weighted by Crippen LogP contribution is 2.27. The van der Waals surface area contributed by atoms with E-state index in [2.05, 4.69) is 19.2 Å². The Kier molecular flexibility index (Phi) is 4.25. The predicted octanol–water partition coefficient (Wildman–Crippen LogP) is 2.79. The first kappa shape index (κ1) is 14.1. The smallest absolute Gasteiger partial charge is 0.337 e. The molecule has 19 heavy (non-hydrogen) atoms. The second-order valence-electron chi connectivity index (χ2n) is 6.06. The van der Waals surface area contributed by atoms with E-state index in [9.17, 15) is 4.79 Å². The third-order valence-corrected chi connectivity index (χ3v) is 3.85. The zero-order valence-corrected chi connectivity index (χ0v) is 12.0. The second-order valence-corrected chi connectivity index (χ2v) is 6.06. The lowest BCUT2D eigenvalue weighted by Gasteiger charge is -2.36. The quantitative estimate of drug-likeness (QED) is 0.850. The van der Waals surface area contributed by atoms with E-state index in [1.54, 1.807) is 0 Å². The van der Waals surface area contributed by atoms with E-state index < -0.39 is 0 Å². The van der Waals surface area contributed by atoms with Crippen molar-refractivity contribution in [3.63, 3.8) is 0 Å². The van der Waals surface area contributed by atoms with Crippen LogP contribution in [0.2, 0.25) is 0 Å². The number of hydrogen-bond donors (Lipinski definition) is 1. The highest BCUT2D eigenvalue weighted by atomic mass is 16.5. The highest BCUT2D eigenvalue weighted by Gasteiger charge is 2.27. The third-order valence-electron chi connectivity index (χ3n) is 3.85. The maximum atomic E-state index is 11.4. The van der Waals surface area contributed by atoms with Crippen molar-refractivity contribution in [1.82, 2.24) is 5.32 Å². The van der Waals surface area contributed by atoms with Gasteiger partial charge < -0.3 is 10.1 Å². The maximum Gasteiger partial charge on any atom is 0.337 e. The van der Waals surface area contributed by atoms with Crippen molar-refractivity contribution in [2.75, 3.05) is 13.7 Å². The van der Waals surface area contributed by atoms with Crippen molar-refractivity contribution in [3.05, 3.63) is 35.4 Å². The lowest BCUT2D eigenvalue weighted by atomic mass is 9.81. The standard InChI is InChI=1S/C16H23NO2/c1-16(2)11-13(8-9-17-16)10-12-4-6-14(7-5-12)15(18)19-3/h4-7,13,17H,8-11H2,1-3H3. The maximum absolute atomic E-state index is 11.4. The summed E-state index contributed by atoms with van der Waals surface area (Å²) in [5, 5.41) is 3.54. The highest BCUT2D eigenvalue weighted by molar-refractivity contribution is 5.89. The molecule has 2 rings (SSSR count). The summed E-state index contributed by atoms with van der Waals surface area (Å²) in [6.07, 6.45) is 3.51. The Bertz CT molecular complexity index is 437. The number of carbonyl (C=O) groups excluding carboxylic acids is 1. The van der Waals surface area contributed by atoms with Gasteiger partial charge >= 0.3 is 5.97 Å². The SMILES string of the molecule is COC(=O)c1ccc(CC2CCNC(C)(C)C2)cc1. The summed E-state index contributed by atoms with van der Waals surface area (Å²) in [5.74, 6) is 0.453. The number of carbonyl (C=O) groups is 1. The van der Waals surface area contributed by atoms with Crippen molar-refractivity contribution < 1.29 is 9.53 Å². The van der Waals surface area contributed by atoms with Crippen molar-refractivity contribution >= 4 is 5.97 Å². The molecule has 3 nitrogen and oxygen atoms in total. The molecule has 0 saturated carbocycles. The third kappa shape index (κ3) is 3.80. The topological polar surface area (TPSA) is 38.3 Å². The fourth-order valence-corrected chi connectivity index (χ4v) is 2.91. The average Bonchev–Trinajstić information content (AvgIpc) is 2.37. The van der Waals surface area contributed by atoms with Crippen LogP contribution >= 0.6 is 0 Å². The molecule has 1 saturated heterocycles. The molecule has 1 unspecified atom stereocenters. The zero-order chi connectivity index (χ0) is 13.9. The van der Waals surface area contributed by atoms with Gasteiger partial charge in [-0.3, -0.25) is 0 Å². The monoisotopic (exact) mass is 261 g/mol. The summed E-state index contributed by atoms with van der Waals surface area (Å²) >= 11 is 0. The minimum atomic E-state index is -0.269. The minimum absolute atomic E-state index is 0.245. The Hall–Kier alpha value is -1.35. The number of esters is 1. The molecule has 1 heterocycles. The van der Waals surface area contributed by atoms with E-state index in [1.165, 1.54) is 25.5 Å². The van der Waals surface area contributed by atoms with Gasteiger partial charge in [0.1, 0.15) is 0 Å². The summed E-state index contributed by atoms with van der Waals surface area (Å²) in [6, 6.07) is 7.79. The molecule has 0 spiro atoms. The van der Waals surface area contributed by atoms with Crippen molar-refractivity contribution in [2.45, 2.75) is 38.6 Å². The molecule has 1 fully saturated rings. The van der Waals surface area contributed by atoms with E-state index in [4.69, 9.17) is 4.74 Å². The van der Waals surface area contributed by atoms with Gasteiger partial charge in [0.25, 0.3) is 0 Å². The summed E-state index contributed by atoms with van der Waals surface area (Å²) in [6.45, 7) is 5.62. The summed E-state index contributed by atoms with van der Waals surface area (Å²) in [5.41, 5.74) is 2.17. The molecule has 1 aliphatic heterocycles. The van der Waals surface area contributed by atoms with E-state index in [1.807, 2.05) is 24.3 Å². The molecule has 1 aromatic rings.